The van der Waals surface area contributed by atoms with Gasteiger partial charge in [-0.1, -0.05) is 0 Å². The average molecular weight is 197 g/mol. The number of anilines is 1. The molecule has 78 valence electrons. The Morgan fingerprint density at radius 1 is 1.36 bits per heavy atom. The summed E-state index contributed by atoms with van der Waals surface area (Å²) in [5.41, 5.74) is 6.19. The average Bonchev–Trinajstić information content (AvgIpc) is 2.21. The first kappa shape index (κ1) is 12.3. The second-order valence-electron chi connectivity index (χ2n) is 2.32. The second kappa shape index (κ2) is 7.91. The Morgan fingerprint density at radius 3 is 2.21 bits per heavy atom. The van der Waals surface area contributed by atoms with E-state index in [0.29, 0.717) is 13.1 Å². The number of carbonyl (C=O) groups is 1. The highest BCUT2D eigenvalue weighted by Crippen LogP contribution is 2.11. The Labute approximate surface area is 83.6 Å². The first-order valence-corrected chi connectivity index (χ1v) is 4.19. The molecule has 0 fully saturated rings. The van der Waals surface area contributed by atoms with E-state index in [-0.39, 0.29) is 0 Å². The highest BCUT2D eigenvalue weighted by Gasteiger charge is 1.86. The van der Waals surface area contributed by atoms with E-state index in [0.717, 1.165) is 11.4 Å². The molecular weight excluding hydrogens is 182 g/mol. The van der Waals surface area contributed by atoms with Gasteiger partial charge in [-0.3, -0.25) is 4.79 Å². The highest BCUT2D eigenvalue weighted by atomic mass is 16.5. The van der Waals surface area contributed by atoms with Crippen LogP contribution in [0.1, 0.15) is 6.92 Å². The summed E-state index contributed by atoms with van der Waals surface area (Å²) in [6.07, 6.45) is 0. The number of benzene rings is 1. The van der Waals surface area contributed by atoms with Crippen LogP contribution in [0.4, 0.5) is 5.69 Å². The Balaban J connectivity index is 0.000000292. The molecule has 0 aliphatic rings. The SMILES string of the molecule is CCOC=O.COc1ccc(N)cc1. The largest absolute Gasteiger partial charge is 0.497 e. The molecule has 0 amide bonds. The maximum absolute atomic E-state index is 9.18. The predicted molar refractivity (Wildman–Crippen MR) is 55.1 cm³/mol. The van der Waals surface area contributed by atoms with Crippen molar-refractivity contribution in [1.82, 2.24) is 0 Å². The normalized spacial score (nSPS) is 8.14. The van der Waals surface area contributed by atoms with Crippen molar-refractivity contribution in [3.63, 3.8) is 0 Å². The van der Waals surface area contributed by atoms with Gasteiger partial charge in [0.25, 0.3) is 6.47 Å². The number of hydrogen-bond donors (Lipinski definition) is 1. The molecule has 0 radical (unpaired) electrons. The van der Waals surface area contributed by atoms with E-state index in [1.165, 1.54) is 0 Å². The van der Waals surface area contributed by atoms with Crippen LogP contribution < -0.4 is 10.5 Å². The van der Waals surface area contributed by atoms with Crippen LogP contribution in [0.3, 0.4) is 0 Å². The monoisotopic (exact) mass is 197 g/mol. The number of carbonyl (C=O) groups excluding carboxylic acids is 1. The smallest absolute Gasteiger partial charge is 0.293 e. The van der Waals surface area contributed by atoms with Crippen molar-refractivity contribution in [2.45, 2.75) is 6.92 Å². The third-order valence-electron chi connectivity index (χ3n) is 1.35. The van der Waals surface area contributed by atoms with Gasteiger partial charge in [0.05, 0.1) is 13.7 Å². The molecule has 0 bridgehead atoms. The van der Waals surface area contributed by atoms with Crippen LogP contribution in [-0.2, 0) is 9.53 Å². The number of ether oxygens (including phenoxy) is 2. The first-order valence-electron chi connectivity index (χ1n) is 4.19. The van der Waals surface area contributed by atoms with E-state index in [2.05, 4.69) is 4.74 Å². The Morgan fingerprint density at radius 2 is 1.93 bits per heavy atom. The van der Waals surface area contributed by atoms with E-state index < -0.39 is 0 Å². The summed E-state index contributed by atoms with van der Waals surface area (Å²) in [7, 11) is 1.63. The molecule has 1 aromatic carbocycles. The molecule has 0 heterocycles. The summed E-state index contributed by atoms with van der Waals surface area (Å²) < 4.78 is 9.07. The van der Waals surface area contributed by atoms with Gasteiger partial charge in [-0.15, -0.1) is 0 Å². The Kier molecular flexibility index (Phi) is 6.95. The van der Waals surface area contributed by atoms with Crippen molar-refractivity contribution in [1.29, 1.82) is 0 Å². The third-order valence-corrected chi connectivity index (χ3v) is 1.35. The standard InChI is InChI=1S/C7H9NO.C3H6O2/c1-9-7-4-2-6(8)3-5-7;1-2-5-3-4/h2-5H,8H2,1H3;3H,2H2,1H3. The summed E-state index contributed by atoms with van der Waals surface area (Å²) in [5, 5.41) is 0. The minimum absolute atomic E-state index is 0.431. The fourth-order valence-corrected chi connectivity index (χ4v) is 0.672. The zero-order chi connectivity index (χ0) is 10.8. The van der Waals surface area contributed by atoms with Crippen molar-refractivity contribution in [2.75, 3.05) is 19.5 Å². The highest BCUT2D eigenvalue weighted by molar-refractivity contribution is 5.41. The fraction of sp³-hybridized carbons (Fsp3) is 0.300. The van der Waals surface area contributed by atoms with Crippen LogP contribution in [0, 0.1) is 0 Å². The minimum Gasteiger partial charge on any atom is -0.497 e. The number of hydrogen-bond acceptors (Lipinski definition) is 4. The van der Waals surface area contributed by atoms with Crippen LogP contribution >= 0.6 is 0 Å². The second-order valence-corrected chi connectivity index (χ2v) is 2.32. The lowest BCUT2D eigenvalue weighted by Gasteiger charge is -1.97. The molecule has 0 aromatic heterocycles. The van der Waals surface area contributed by atoms with E-state index in [1.54, 1.807) is 26.2 Å². The van der Waals surface area contributed by atoms with E-state index in [4.69, 9.17) is 10.5 Å². The van der Waals surface area contributed by atoms with Gasteiger partial charge in [-0.05, 0) is 31.2 Å². The number of nitrogen functional groups attached to an aromatic ring is 1. The van der Waals surface area contributed by atoms with Crippen molar-refractivity contribution in [2.24, 2.45) is 0 Å². The Bertz CT molecular complexity index is 246. The molecule has 4 heteroatoms. The van der Waals surface area contributed by atoms with E-state index >= 15 is 0 Å². The summed E-state index contributed by atoms with van der Waals surface area (Å²) in [6.45, 7) is 2.66. The molecule has 0 aliphatic heterocycles. The molecule has 2 N–H and O–H groups in total. The van der Waals surface area contributed by atoms with Crippen molar-refractivity contribution < 1.29 is 14.3 Å². The lowest BCUT2D eigenvalue weighted by Crippen LogP contribution is -1.84. The van der Waals surface area contributed by atoms with Gasteiger partial charge in [-0.2, -0.15) is 0 Å². The summed E-state index contributed by atoms with van der Waals surface area (Å²) in [4.78, 5) is 9.18. The Hall–Kier alpha value is -1.71. The molecule has 0 unspecified atom stereocenters. The van der Waals surface area contributed by atoms with Crippen molar-refractivity contribution >= 4 is 12.2 Å². The molecule has 0 atom stereocenters. The van der Waals surface area contributed by atoms with E-state index in [9.17, 15) is 4.79 Å². The van der Waals surface area contributed by atoms with Crippen molar-refractivity contribution in [3.8, 4) is 5.75 Å². The van der Waals surface area contributed by atoms with Crippen LogP contribution in [0.15, 0.2) is 24.3 Å². The number of rotatable bonds is 3. The van der Waals surface area contributed by atoms with Gasteiger partial charge in [0, 0.05) is 5.69 Å². The topological polar surface area (TPSA) is 61.5 Å². The maximum atomic E-state index is 9.18. The summed E-state index contributed by atoms with van der Waals surface area (Å²) in [5.74, 6) is 0.837. The van der Waals surface area contributed by atoms with Crippen LogP contribution in [0.2, 0.25) is 0 Å². The summed E-state index contributed by atoms with van der Waals surface area (Å²) >= 11 is 0. The zero-order valence-corrected chi connectivity index (χ0v) is 8.40. The third kappa shape index (κ3) is 5.88. The van der Waals surface area contributed by atoms with Crippen LogP contribution in [0.5, 0.6) is 5.75 Å². The lowest BCUT2D eigenvalue weighted by atomic mass is 10.3. The molecule has 0 spiro atoms. The lowest BCUT2D eigenvalue weighted by molar-refractivity contribution is -0.128. The zero-order valence-electron chi connectivity index (χ0n) is 8.40. The van der Waals surface area contributed by atoms with E-state index in [1.807, 2.05) is 12.1 Å². The van der Waals surface area contributed by atoms with Gasteiger partial charge in [0.1, 0.15) is 5.75 Å². The predicted octanol–water partition coefficient (Wildman–Crippen LogP) is 1.46. The number of methoxy groups -OCH3 is 1. The molecule has 1 aromatic rings. The van der Waals surface area contributed by atoms with Crippen LogP contribution in [0.25, 0.3) is 0 Å². The molecule has 14 heavy (non-hydrogen) atoms. The molecular formula is C10H15NO3. The van der Waals surface area contributed by atoms with Gasteiger partial charge >= 0.3 is 0 Å². The molecule has 0 saturated carbocycles. The minimum atomic E-state index is 0.431. The maximum Gasteiger partial charge on any atom is 0.293 e. The number of nitrogens with two attached hydrogens (primary N) is 1. The molecule has 0 aliphatic carbocycles. The quantitative estimate of drug-likeness (QED) is 0.588. The van der Waals surface area contributed by atoms with Gasteiger partial charge in [0.15, 0.2) is 0 Å². The van der Waals surface area contributed by atoms with Gasteiger partial charge in [0.2, 0.25) is 0 Å². The molecule has 4 nitrogen and oxygen atoms in total. The fourth-order valence-electron chi connectivity index (χ4n) is 0.672. The van der Waals surface area contributed by atoms with Gasteiger partial charge in [-0.25, -0.2) is 0 Å². The first-order chi connectivity index (χ1) is 6.74. The summed E-state index contributed by atoms with van der Waals surface area (Å²) in [6, 6.07) is 7.27. The molecule has 0 saturated heterocycles. The van der Waals surface area contributed by atoms with Crippen molar-refractivity contribution in [3.05, 3.63) is 24.3 Å². The molecule has 1 rings (SSSR count). The van der Waals surface area contributed by atoms with Crippen LogP contribution in [-0.4, -0.2) is 20.2 Å². The van der Waals surface area contributed by atoms with Gasteiger partial charge < -0.3 is 15.2 Å².